The lowest BCUT2D eigenvalue weighted by atomic mass is 9.93. The van der Waals surface area contributed by atoms with E-state index in [1.165, 1.54) is 33.4 Å². The summed E-state index contributed by atoms with van der Waals surface area (Å²) in [4.78, 5) is 7.64. The number of nitrogens with zero attached hydrogens (tertiary/aromatic N) is 2. The highest BCUT2D eigenvalue weighted by atomic mass is 32.1. The monoisotopic (exact) mass is 772 g/mol. The van der Waals surface area contributed by atoms with Crippen LogP contribution in [0.1, 0.15) is 0 Å². The number of rotatable bonds is 8. The molecule has 4 heteroatoms. The van der Waals surface area contributed by atoms with E-state index in [9.17, 15) is 0 Å². The summed E-state index contributed by atoms with van der Waals surface area (Å²) < 4.78 is 7.82. The van der Waals surface area contributed by atoms with Crippen molar-refractivity contribution in [3.63, 3.8) is 0 Å². The van der Waals surface area contributed by atoms with Crippen molar-refractivity contribution < 1.29 is 4.42 Å². The molecule has 11 rings (SSSR count). The third-order valence-corrected chi connectivity index (χ3v) is 12.2. The van der Waals surface area contributed by atoms with Gasteiger partial charge in [-0.2, -0.15) is 0 Å². The summed E-state index contributed by atoms with van der Waals surface area (Å²) in [5.74, 6) is 0. The molecule has 0 spiro atoms. The minimum absolute atomic E-state index is 0.855. The number of aromatic nitrogens is 1. The number of benzene rings is 9. The highest BCUT2D eigenvalue weighted by molar-refractivity contribution is 7.21. The molecule has 11 aromatic rings. The number of furan rings is 1. The Morgan fingerprint density at radius 3 is 1.54 bits per heavy atom. The van der Waals surface area contributed by atoms with Crippen molar-refractivity contribution in [2.24, 2.45) is 0 Å². The van der Waals surface area contributed by atoms with Crippen molar-refractivity contribution in [3.05, 3.63) is 218 Å². The van der Waals surface area contributed by atoms with Crippen LogP contribution in [0.25, 0.3) is 87.2 Å². The Bertz CT molecular complexity index is 3230. The number of hydrogen-bond donors (Lipinski definition) is 0. The summed E-state index contributed by atoms with van der Waals surface area (Å²) in [5, 5.41) is 3.20. The van der Waals surface area contributed by atoms with E-state index in [0.717, 1.165) is 70.9 Å². The summed E-state index contributed by atoms with van der Waals surface area (Å²) >= 11 is 1.73. The second-order valence-electron chi connectivity index (χ2n) is 14.7. The molecule has 0 aliphatic heterocycles. The number of hydrogen-bond acceptors (Lipinski definition) is 4. The first-order chi connectivity index (χ1) is 29.2. The van der Waals surface area contributed by atoms with Crippen molar-refractivity contribution in [2.75, 3.05) is 4.90 Å². The largest absolute Gasteiger partial charge is 0.455 e. The molecule has 0 aliphatic carbocycles. The Morgan fingerprint density at radius 2 is 0.898 bits per heavy atom. The minimum Gasteiger partial charge on any atom is -0.455 e. The van der Waals surface area contributed by atoms with Crippen molar-refractivity contribution in [2.45, 2.75) is 0 Å². The van der Waals surface area contributed by atoms with Gasteiger partial charge in [0, 0.05) is 33.4 Å². The average Bonchev–Trinajstić information content (AvgIpc) is 3.92. The fraction of sp³-hybridized carbons (Fsp3) is 0. The molecule has 59 heavy (non-hydrogen) atoms. The number of anilines is 3. The van der Waals surface area contributed by atoms with Crippen molar-refractivity contribution >= 4 is 60.6 Å². The molecule has 278 valence electrons. The first kappa shape index (κ1) is 34.7. The summed E-state index contributed by atoms with van der Waals surface area (Å²) in [6, 6.07) is 77.5. The molecule has 0 bridgehead atoms. The van der Waals surface area contributed by atoms with Crippen LogP contribution in [0.3, 0.4) is 0 Å². The maximum Gasteiger partial charge on any atom is 0.145 e. The van der Waals surface area contributed by atoms with Crippen LogP contribution >= 0.6 is 11.3 Å². The van der Waals surface area contributed by atoms with E-state index in [0.29, 0.717) is 0 Å². The zero-order valence-corrected chi connectivity index (χ0v) is 32.8. The van der Waals surface area contributed by atoms with Crippen LogP contribution in [-0.2, 0) is 0 Å². The van der Waals surface area contributed by atoms with Gasteiger partial charge in [0.1, 0.15) is 16.2 Å². The van der Waals surface area contributed by atoms with E-state index in [1.807, 2.05) is 18.2 Å². The summed E-state index contributed by atoms with van der Waals surface area (Å²) in [5.41, 5.74) is 16.1. The number of para-hydroxylation sites is 1. The molecule has 2 aromatic heterocycles. The molecular formula is C55H36N2OS. The van der Waals surface area contributed by atoms with Gasteiger partial charge in [-0.15, -0.1) is 11.3 Å². The molecule has 0 atom stereocenters. The Hall–Kier alpha value is -7.53. The average molecular weight is 773 g/mol. The predicted molar refractivity (Wildman–Crippen MR) is 249 cm³/mol. The minimum atomic E-state index is 0.855. The molecule has 0 saturated heterocycles. The molecule has 0 unspecified atom stereocenters. The second-order valence-corrected chi connectivity index (χ2v) is 15.7. The molecule has 3 nitrogen and oxygen atoms in total. The van der Waals surface area contributed by atoms with Gasteiger partial charge in [0.15, 0.2) is 0 Å². The maximum absolute atomic E-state index is 6.68. The highest BCUT2D eigenvalue weighted by Gasteiger charge is 2.22. The lowest BCUT2D eigenvalue weighted by Gasteiger charge is -2.27. The van der Waals surface area contributed by atoms with E-state index in [4.69, 9.17) is 9.40 Å². The van der Waals surface area contributed by atoms with Crippen LogP contribution in [0.2, 0.25) is 0 Å². The first-order valence-electron chi connectivity index (χ1n) is 19.9. The molecule has 9 aromatic carbocycles. The van der Waals surface area contributed by atoms with Gasteiger partial charge in [0.25, 0.3) is 0 Å². The molecule has 0 aliphatic rings. The standard InChI is InChI=1S/C55H36N2OS/c1-5-15-37(16-6-1)38-25-29-43(30-26-38)57(45-33-34-46(39-17-7-2-8-18-39)48(35-45)40-19-9-3-10-20-40)44-31-27-41(28-32-44)52-53-51(59-55(56-53)42-21-11-4-12-22-42)36-49-47-23-13-14-24-50(47)58-54(49)52/h1-36H. The summed E-state index contributed by atoms with van der Waals surface area (Å²) in [6.07, 6.45) is 0. The SMILES string of the molecule is c1ccc(-c2ccc(N(c3ccc(-c4c5nc(-c6ccccc6)sc5cc5c4oc4ccccc45)cc3)c3ccc(-c4ccccc4)c(-c4ccccc4)c3)cc2)cc1. The molecule has 0 radical (unpaired) electrons. The second kappa shape index (κ2) is 14.8. The first-order valence-corrected chi connectivity index (χ1v) is 20.7. The third-order valence-electron chi connectivity index (χ3n) is 11.1. The fourth-order valence-electron chi connectivity index (χ4n) is 8.27. The van der Waals surface area contributed by atoms with Crippen LogP contribution in [0.5, 0.6) is 0 Å². The molecular weight excluding hydrogens is 737 g/mol. The topological polar surface area (TPSA) is 29.3 Å². The van der Waals surface area contributed by atoms with E-state index in [-0.39, 0.29) is 0 Å². The highest BCUT2D eigenvalue weighted by Crippen LogP contribution is 2.46. The maximum atomic E-state index is 6.68. The molecule has 0 fully saturated rings. The molecule has 0 amide bonds. The third kappa shape index (κ3) is 6.37. The summed E-state index contributed by atoms with van der Waals surface area (Å²) in [7, 11) is 0. The Kier molecular flexibility index (Phi) is 8.68. The van der Waals surface area contributed by atoms with E-state index in [1.54, 1.807) is 11.3 Å². The summed E-state index contributed by atoms with van der Waals surface area (Å²) in [6.45, 7) is 0. The van der Waals surface area contributed by atoms with E-state index < -0.39 is 0 Å². The van der Waals surface area contributed by atoms with Crippen LogP contribution in [0, 0.1) is 0 Å². The van der Waals surface area contributed by atoms with Gasteiger partial charge in [-0.1, -0.05) is 170 Å². The van der Waals surface area contributed by atoms with Gasteiger partial charge >= 0.3 is 0 Å². The van der Waals surface area contributed by atoms with E-state index >= 15 is 0 Å². The quantitative estimate of drug-likeness (QED) is 0.154. The van der Waals surface area contributed by atoms with E-state index in [2.05, 4.69) is 205 Å². The Labute approximate surface area is 346 Å². The molecule has 0 N–H and O–H groups in total. The fourth-order valence-corrected chi connectivity index (χ4v) is 9.29. The van der Waals surface area contributed by atoms with Gasteiger partial charge in [0.05, 0.1) is 15.8 Å². The van der Waals surface area contributed by atoms with Gasteiger partial charge in [-0.05, 0) is 87.5 Å². The smallest absolute Gasteiger partial charge is 0.145 e. The zero-order valence-electron chi connectivity index (χ0n) is 32.0. The normalized spacial score (nSPS) is 11.4. The van der Waals surface area contributed by atoms with Crippen LogP contribution < -0.4 is 4.90 Å². The molecule has 2 heterocycles. The van der Waals surface area contributed by atoms with Gasteiger partial charge in [-0.25, -0.2) is 4.98 Å². The van der Waals surface area contributed by atoms with Crippen molar-refractivity contribution in [1.29, 1.82) is 0 Å². The van der Waals surface area contributed by atoms with Crippen molar-refractivity contribution in [1.82, 2.24) is 4.98 Å². The van der Waals surface area contributed by atoms with Crippen LogP contribution in [-0.4, -0.2) is 4.98 Å². The van der Waals surface area contributed by atoms with Gasteiger partial charge in [0.2, 0.25) is 0 Å². The Morgan fingerprint density at radius 1 is 0.390 bits per heavy atom. The zero-order chi connectivity index (χ0) is 39.1. The van der Waals surface area contributed by atoms with Crippen molar-refractivity contribution in [3.8, 4) is 55.1 Å². The van der Waals surface area contributed by atoms with Gasteiger partial charge in [-0.3, -0.25) is 0 Å². The lowest BCUT2D eigenvalue weighted by molar-refractivity contribution is 0.670. The number of thiazole rings is 1. The predicted octanol–water partition coefficient (Wildman–Crippen LogP) is 16.0. The lowest BCUT2D eigenvalue weighted by Crippen LogP contribution is -2.10. The molecule has 0 saturated carbocycles. The Balaban J connectivity index is 1.08. The number of fused-ring (bicyclic) bond motifs is 4. The van der Waals surface area contributed by atoms with Gasteiger partial charge < -0.3 is 9.32 Å². The van der Waals surface area contributed by atoms with Crippen LogP contribution in [0.15, 0.2) is 223 Å². The van der Waals surface area contributed by atoms with Crippen LogP contribution in [0.4, 0.5) is 17.1 Å².